The SMILES string of the molecule is N[C@H](c1ccc(O)cc1Cl)C(F)(F)F. The molecule has 1 aromatic rings. The summed E-state index contributed by atoms with van der Waals surface area (Å²) in [6, 6.07) is 1.04. The van der Waals surface area contributed by atoms with Gasteiger partial charge in [0.15, 0.2) is 0 Å². The molecular weight excluding hydrogens is 219 g/mol. The number of hydrogen-bond donors (Lipinski definition) is 2. The Hall–Kier alpha value is -0.940. The molecule has 0 aliphatic heterocycles. The molecular formula is C8H7ClF3NO. The topological polar surface area (TPSA) is 46.2 Å². The Bertz CT molecular complexity index is 340. The van der Waals surface area contributed by atoms with Gasteiger partial charge in [-0.1, -0.05) is 17.7 Å². The molecule has 0 saturated heterocycles. The Kier molecular flexibility index (Phi) is 2.92. The highest BCUT2D eigenvalue weighted by Gasteiger charge is 2.38. The lowest BCUT2D eigenvalue weighted by atomic mass is 10.1. The molecule has 78 valence electrons. The van der Waals surface area contributed by atoms with E-state index >= 15 is 0 Å². The molecule has 0 aliphatic rings. The molecule has 0 saturated carbocycles. The molecule has 6 heteroatoms. The molecule has 1 aromatic carbocycles. The zero-order valence-corrected chi connectivity index (χ0v) is 7.60. The lowest BCUT2D eigenvalue weighted by Crippen LogP contribution is -2.28. The van der Waals surface area contributed by atoms with Gasteiger partial charge in [-0.3, -0.25) is 0 Å². The number of benzene rings is 1. The second kappa shape index (κ2) is 3.67. The van der Waals surface area contributed by atoms with Gasteiger partial charge < -0.3 is 10.8 Å². The second-order valence-corrected chi connectivity index (χ2v) is 3.13. The zero-order chi connectivity index (χ0) is 10.9. The molecule has 2 nitrogen and oxygen atoms in total. The monoisotopic (exact) mass is 225 g/mol. The van der Waals surface area contributed by atoms with Crippen LogP contribution >= 0.6 is 11.6 Å². The lowest BCUT2D eigenvalue weighted by Gasteiger charge is -2.16. The van der Waals surface area contributed by atoms with E-state index in [0.29, 0.717) is 0 Å². The standard InChI is InChI=1S/C8H7ClF3NO/c9-6-3-4(14)1-2-5(6)7(13)8(10,11)12/h1-3,7,14H,13H2/t7-/m1/s1. The molecule has 0 radical (unpaired) electrons. The average Bonchev–Trinajstić information content (AvgIpc) is 2.01. The summed E-state index contributed by atoms with van der Waals surface area (Å²) in [6.07, 6.45) is -4.54. The Morgan fingerprint density at radius 2 is 1.93 bits per heavy atom. The van der Waals surface area contributed by atoms with E-state index in [9.17, 15) is 13.2 Å². The molecule has 0 aliphatic carbocycles. The van der Waals surface area contributed by atoms with Gasteiger partial charge in [-0.2, -0.15) is 13.2 Å². The van der Waals surface area contributed by atoms with Crippen LogP contribution in [0.5, 0.6) is 5.75 Å². The number of rotatable bonds is 1. The Morgan fingerprint density at radius 3 is 2.36 bits per heavy atom. The Morgan fingerprint density at radius 1 is 1.36 bits per heavy atom. The van der Waals surface area contributed by atoms with Crippen LogP contribution in [0.2, 0.25) is 5.02 Å². The van der Waals surface area contributed by atoms with E-state index in [0.717, 1.165) is 18.2 Å². The first-order valence-electron chi connectivity index (χ1n) is 3.63. The lowest BCUT2D eigenvalue weighted by molar-refractivity contribution is -0.149. The maximum atomic E-state index is 12.2. The smallest absolute Gasteiger partial charge is 0.407 e. The molecule has 14 heavy (non-hydrogen) atoms. The summed E-state index contributed by atoms with van der Waals surface area (Å²) in [5, 5.41) is 8.72. The molecule has 0 heterocycles. The number of nitrogens with two attached hydrogens (primary N) is 1. The Balaban J connectivity index is 3.08. The third kappa shape index (κ3) is 2.30. The fraction of sp³-hybridized carbons (Fsp3) is 0.250. The van der Waals surface area contributed by atoms with Gasteiger partial charge in [-0.05, 0) is 17.7 Å². The summed E-state index contributed by atoms with van der Waals surface area (Å²) in [4.78, 5) is 0. The van der Waals surface area contributed by atoms with E-state index in [1.165, 1.54) is 0 Å². The first-order valence-corrected chi connectivity index (χ1v) is 4.01. The van der Waals surface area contributed by atoms with Crippen LogP contribution in [0.15, 0.2) is 18.2 Å². The number of phenolic OH excluding ortho intramolecular Hbond substituents is 1. The van der Waals surface area contributed by atoms with Gasteiger partial charge in [0.25, 0.3) is 0 Å². The molecule has 0 aromatic heterocycles. The molecule has 1 atom stereocenters. The minimum absolute atomic E-state index is 0.199. The summed E-state index contributed by atoms with van der Waals surface area (Å²) in [6.45, 7) is 0. The molecule has 0 amide bonds. The van der Waals surface area contributed by atoms with Gasteiger partial charge in [0, 0.05) is 5.02 Å². The molecule has 0 bridgehead atoms. The fourth-order valence-corrected chi connectivity index (χ4v) is 1.24. The summed E-state index contributed by atoms with van der Waals surface area (Å²) >= 11 is 5.49. The van der Waals surface area contributed by atoms with Crippen molar-refractivity contribution in [3.05, 3.63) is 28.8 Å². The van der Waals surface area contributed by atoms with Crippen molar-refractivity contribution in [2.24, 2.45) is 5.73 Å². The quantitative estimate of drug-likeness (QED) is 0.772. The third-order valence-corrected chi connectivity index (χ3v) is 2.00. The predicted molar refractivity (Wildman–Crippen MR) is 46.1 cm³/mol. The maximum absolute atomic E-state index is 12.2. The van der Waals surface area contributed by atoms with E-state index in [2.05, 4.69) is 0 Å². The van der Waals surface area contributed by atoms with Gasteiger partial charge in [0.05, 0.1) is 0 Å². The van der Waals surface area contributed by atoms with Crippen LogP contribution in [0.3, 0.4) is 0 Å². The van der Waals surface area contributed by atoms with Crippen LogP contribution in [0.4, 0.5) is 13.2 Å². The van der Waals surface area contributed by atoms with Gasteiger partial charge in [0.2, 0.25) is 0 Å². The number of alkyl halides is 3. The van der Waals surface area contributed by atoms with Crippen LogP contribution in [0.1, 0.15) is 11.6 Å². The summed E-state index contributed by atoms with van der Waals surface area (Å²) in [5.74, 6) is -0.201. The molecule has 0 spiro atoms. The molecule has 0 fully saturated rings. The van der Waals surface area contributed by atoms with Gasteiger partial charge >= 0.3 is 6.18 Å². The van der Waals surface area contributed by atoms with Crippen molar-refractivity contribution in [2.75, 3.05) is 0 Å². The number of phenols is 1. The van der Waals surface area contributed by atoms with Gasteiger partial charge in [-0.25, -0.2) is 0 Å². The number of hydrogen-bond acceptors (Lipinski definition) is 2. The Labute approximate surface area is 83.1 Å². The summed E-state index contributed by atoms with van der Waals surface area (Å²) < 4.78 is 36.5. The highest BCUT2D eigenvalue weighted by molar-refractivity contribution is 6.31. The van der Waals surface area contributed by atoms with Crippen molar-refractivity contribution in [1.29, 1.82) is 0 Å². The molecule has 1 rings (SSSR count). The minimum atomic E-state index is -4.54. The van der Waals surface area contributed by atoms with Crippen LogP contribution in [0, 0.1) is 0 Å². The first-order chi connectivity index (χ1) is 6.32. The van der Waals surface area contributed by atoms with E-state index in [-0.39, 0.29) is 16.3 Å². The van der Waals surface area contributed by atoms with Crippen molar-refractivity contribution in [3.8, 4) is 5.75 Å². The highest BCUT2D eigenvalue weighted by atomic mass is 35.5. The largest absolute Gasteiger partial charge is 0.508 e. The highest BCUT2D eigenvalue weighted by Crippen LogP contribution is 2.35. The normalized spacial score (nSPS) is 14.1. The molecule has 3 N–H and O–H groups in total. The van der Waals surface area contributed by atoms with Gasteiger partial charge in [-0.15, -0.1) is 0 Å². The van der Waals surface area contributed by atoms with E-state index in [1.54, 1.807) is 0 Å². The van der Waals surface area contributed by atoms with E-state index in [4.69, 9.17) is 22.4 Å². The van der Waals surface area contributed by atoms with E-state index in [1.807, 2.05) is 0 Å². The zero-order valence-electron chi connectivity index (χ0n) is 6.85. The van der Waals surface area contributed by atoms with Gasteiger partial charge in [0.1, 0.15) is 11.8 Å². The van der Waals surface area contributed by atoms with E-state index < -0.39 is 12.2 Å². The predicted octanol–water partition coefficient (Wildman–Crippen LogP) is 2.61. The summed E-state index contributed by atoms with van der Waals surface area (Å²) in [7, 11) is 0. The minimum Gasteiger partial charge on any atom is -0.508 e. The second-order valence-electron chi connectivity index (χ2n) is 2.73. The van der Waals surface area contributed by atoms with Crippen molar-refractivity contribution in [3.63, 3.8) is 0 Å². The number of aromatic hydroxyl groups is 1. The van der Waals surface area contributed by atoms with Crippen LogP contribution in [-0.2, 0) is 0 Å². The fourth-order valence-electron chi connectivity index (χ4n) is 0.945. The van der Waals surface area contributed by atoms with Crippen molar-refractivity contribution in [1.82, 2.24) is 0 Å². The van der Waals surface area contributed by atoms with Crippen molar-refractivity contribution in [2.45, 2.75) is 12.2 Å². The van der Waals surface area contributed by atoms with Crippen LogP contribution in [-0.4, -0.2) is 11.3 Å². The molecule has 0 unspecified atom stereocenters. The van der Waals surface area contributed by atoms with Crippen molar-refractivity contribution >= 4 is 11.6 Å². The maximum Gasteiger partial charge on any atom is 0.407 e. The first kappa shape index (κ1) is 11.1. The average molecular weight is 226 g/mol. The number of halogens is 4. The third-order valence-electron chi connectivity index (χ3n) is 1.67. The van der Waals surface area contributed by atoms with Crippen LogP contribution < -0.4 is 5.73 Å². The van der Waals surface area contributed by atoms with Crippen molar-refractivity contribution < 1.29 is 18.3 Å². The summed E-state index contributed by atoms with van der Waals surface area (Å²) in [5.41, 5.74) is 4.68. The van der Waals surface area contributed by atoms with Crippen LogP contribution in [0.25, 0.3) is 0 Å².